The van der Waals surface area contributed by atoms with Crippen LogP contribution in [0, 0.1) is 0 Å². The van der Waals surface area contributed by atoms with Crippen molar-refractivity contribution in [2.45, 2.75) is 39.5 Å². The standard InChI is InChI=1S/C20H24Se2/c1-3-11-19(21-17-13-7-5-8-14-17)20(12-4-2)22-18-15-9-6-10-16-18/h5-10,13-16H,3-4,11-12H2,1-2H3/b20-19-. The zero-order valence-corrected chi connectivity index (χ0v) is 16.8. The normalized spacial score (nSPS) is 12.1. The van der Waals surface area contributed by atoms with Crippen molar-refractivity contribution in [1.29, 1.82) is 0 Å². The van der Waals surface area contributed by atoms with Gasteiger partial charge in [0, 0.05) is 0 Å². The summed E-state index contributed by atoms with van der Waals surface area (Å²) in [5.74, 6) is 0. The van der Waals surface area contributed by atoms with Crippen LogP contribution in [0.1, 0.15) is 39.5 Å². The molecule has 2 aromatic rings. The summed E-state index contributed by atoms with van der Waals surface area (Å²) in [5.41, 5.74) is 0. The molecule has 0 nitrogen and oxygen atoms in total. The fraction of sp³-hybridized carbons (Fsp3) is 0.300. The Morgan fingerprint density at radius 2 is 1.00 bits per heavy atom. The predicted octanol–water partition coefficient (Wildman–Crippen LogP) is 3.86. The van der Waals surface area contributed by atoms with Crippen LogP contribution in [-0.2, 0) is 0 Å². The SMILES string of the molecule is CCC/C([Se]c1ccccc1)=C(\CCC)[Se]c1ccccc1. The third-order valence-corrected chi connectivity index (χ3v) is 8.94. The van der Waals surface area contributed by atoms with E-state index in [0.717, 1.165) is 0 Å². The van der Waals surface area contributed by atoms with Gasteiger partial charge in [0.1, 0.15) is 0 Å². The summed E-state index contributed by atoms with van der Waals surface area (Å²) in [4.78, 5) is 0. The molecule has 0 aromatic heterocycles. The first-order valence-corrected chi connectivity index (χ1v) is 11.4. The van der Waals surface area contributed by atoms with E-state index in [1.807, 2.05) is 0 Å². The molecule has 0 bridgehead atoms. The first-order valence-electron chi connectivity index (χ1n) is 8.01. The van der Waals surface area contributed by atoms with E-state index in [0.29, 0.717) is 29.9 Å². The topological polar surface area (TPSA) is 0 Å². The number of benzene rings is 2. The number of rotatable bonds is 8. The Bertz CT molecular complexity index is 520. The Kier molecular flexibility index (Phi) is 8.05. The van der Waals surface area contributed by atoms with Crippen LogP contribution >= 0.6 is 0 Å². The molecule has 2 aromatic carbocycles. The van der Waals surface area contributed by atoms with Gasteiger partial charge < -0.3 is 0 Å². The van der Waals surface area contributed by atoms with E-state index in [1.54, 1.807) is 8.94 Å². The van der Waals surface area contributed by atoms with Crippen LogP contribution in [0.5, 0.6) is 0 Å². The van der Waals surface area contributed by atoms with Crippen LogP contribution in [0.25, 0.3) is 0 Å². The summed E-state index contributed by atoms with van der Waals surface area (Å²) in [7, 11) is 0. The molecular weight excluding hydrogens is 398 g/mol. The van der Waals surface area contributed by atoms with E-state index in [1.165, 1.54) is 34.6 Å². The molecule has 22 heavy (non-hydrogen) atoms. The van der Waals surface area contributed by atoms with Gasteiger partial charge in [0.15, 0.2) is 0 Å². The molecule has 2 rings (SSSR count). The van der Waals surface area contributed by atoms with E-state index in [9.17, 15) is 0 Å². The van der Waals surface area contributed by atoms with Crippen molar-refractivity contribution in [3.63, 3.8) is 0 Å². The van der Waals surface area contributed by atoms with Gasteiger partial charge in [0.25, 0.3) is 0 Å². The van der Waals surface area contributed by atoms with Crippen molar-refractivity contribution < 1.29 is 0 Å². The van der Waals surface area contributed by atoms with Crippen LogP contribution in [0.4, 0.5) is 0 Å². The van der Waals surface area contributed by atoms with E-state index in [-0.39, 0.29) is 0 Å². The molecule has 0 spiro atoms. The molecule has 0 saturated carbocycles. The second-order valence-corrected chi connectivity index (χ2v) is 10.1. The minimum absolute atomic E-state index is 0.484. The first-order chi connectivity index (χ1) is 10.8. The summed E-state index contributed by atoms with van der Waals surface area (Å²) < 4.78 is 6.51. The molecule has 2 heteroatoms. The molecule has 0 radical (unpaired) electrons. The Labute approximate surface area is 147 Å². The van der Waals surface area contributed by atoms with Crippen LogP contribution in [0.2, 0.25) is 0 Å². The summed E-state index contributed by atoms with van der Waals surface area (Å²) in [6.45, 7) is 4.61. The van der Waals surface area contributed by atoms with E-state index in [4.69, 9.17) is 0 Å². The van der Waals surface area contributed by atoms with Gasteiger partial charge >= 0.3 is 148 Å². The van der Waals surface area contributed by atoms with E-state index < -0.39 is 0 Å². The molecule has 0 aliphatic heterocycles. The van der Waals surface area contributed by atoms with Crippen molar-refractivity contribution in [2.75, 3.05) is 0 Å². The fourth-order valence-corrected chi connectivity index (χ4v) is 7.73. The van der Waals surface area contributed by atoms with Gasteiger partial charge in [-0.2, -0.15) is 0 Å². The van der Waals surface area contributed by atoms with Crippen LogP contribution in [0.3, 0.4) is 0 Å². The van der Waals surface area contributed by atoms with Crippen molar-refractivity contribution in [1.82, 2.24) is 0 Å². The molecular formula is C20H24Se2. The molecule has 0 aliphatic carbocycles. The maximum absolute atomic E-state index is 2.31. The molecule has 0 unspecified atom stereocenters. The second kappa shape index (κ2) is 10.1. The number of hydrogen-bond acceptors (Lipinski definition) is 0. The van der Waals surface area contributed by atoms with Crippen LogP contribution < -0.4 is 8.92 Å². The zero-order valence-electron chi connectivity index (χ0n) is 13.4. The number of allylic oxidation sites excluding steroid dienone is 2. The van der Waals surface area contributed by atoms with E-state index in [2.05, 4.69) is 74.5 Å². The monoisotopic (exact) mass is 424 g/mol. The zero-order chi connectivity index (χ0) is 15.6. The average Bonchev–Trinajstić information content (AvgIpc) is 2.56. The molecule has 0 atom stereocenters. The van der Waals surface area contributed by atoms with Gasteiger partial charge in [0.05, 0.1) is 0 Å². The Morgan fingerprint density at radius 1 is 0.636 bits per heavy atom. The van der Waals surface area contributed by atoms with Gasteiger partial charge in [0.2, 0.25) is 0 Å². The van der Waals surface area contributed by atoms with Crippen molar-refractivity contribution in [2.24, 2.45) is 0 Å². The fourth-order valence-electron chi connectivity index (χ4n) is 2.21. The van der Waals surface area contributed by atoms with Gasteiger partial charge in [-0.25, -0.2) is 0 Å². The van der Waals surface area contributed by atoms with Crippen molar-refractivity contribution >= 4 is 38.8 Å². The quantitative estimate of drug-likeness (QED) is 0.567. The number of hydrogen-bond donors (Lipinski definition) is 0. The molecule has 0 saturated heterocycles. The second-order valence-electron chi connectivity index (χ2n) is 5.18. The Morgan fingerprint density at radius 3 is 1.32 bits per heavy atom. The summed E-state index contributed by atoms with van der Waals surface area (Å²) >= 11 is 0.969. The van der Waals surface area contributed by atoms with Crippen LogP contribution in [0.15, 0.2) is 69.6 Å². The molecule has 116 valence electrons. The molecule has 0 heterocycles. The van der Waals surface area contributed by atoms with Crippen molar-refractivity contribution in [3.8, 4) is 0 Å². The van der Waals surface area contributed by atoms with E-state index >= 15 is 0 Å². The first kappa shape index (κ1) is 17.6. The third kappa shape index (κ3) is 5.78. The molecule has 0 fully saturated rings. The van der Waals surface area contributed by atoms with Gasteiger partial charge in [-0.1, -0.05) is 0 Å². The maximum atomic E-state index is 2.31. The Balaban J connectivity index is 2.25. The van der Waals surface area contributed by atoms with Gasteiger partial charge in [-0.15, -0.1) is 0 Å². The Hall–Kier alpha value is -0.781. The summed E-state index contributed by atoms with van der Waals surface area (Å²) in [5, 5.41) is 0. The molecule has 0 aliphatic rings. The summed E-state index contributed by atoms with van der Waals surface area (Å²) in [6.07, 6.45) is 5.03. The van der Waals surface area contributed by atoms with Gasteiger partial charge in [-0.3, -0.25) is 0 Å². The predicted molar refractivity (Wildman–Crippen MR) is 101 cm³/mol. The minimum atomic E-state index is 0.484. The van der Waals surface area contributed by atoms with Crippen LogP contribution in [-0.4, -0.2) is 29.9 Å². The van der Waals surface area contributed by atoms with Gasteiger partial charge in [-0.05, 0) is 0 Å². The molecule has 0 N–H and O–H groups in total. The average molecular weight is 422 g/mol. The van der Waals surface area contributed by atoms with Crippen molar-refractivity contribution in [3.05, 3.63) is 69.6 Å². The summed E-state index contributed by atoms with van der Waals surface area (Å²) in [6, 6.07) is 22.1. The third-order valence-electron chi connectivity index (χ3n) is 3.23. The molecule has 0 amide bonds.